The third kappa shape index (κ3) is 3.83. The Morgan fingerprint density at radius 1 is 1.04 bits per heavy atom. The summed E-state index contributed by atoms with van der Waals surface area (Å²) in [5.74, 6) is 2.08. The van der Waals surface area contributed by atoms with Gasteiger partial charge in [0.25, 0.3) is 0 Å². The largest absolute Gasteiger partial charge is 0.497 e. The number of aromatic nitrogens is 1. The second kappa shape index (κ2) is 8.26. The minimum Gasteiger partial charge on any atom is -0.497 e. The van der Waals surface area contributed by atoms with Crippen molar-refractivity contribution >= 4 is 11.6 Å². The van der Waals surface area contributed by atoms with Crippen molar-refractivity contribution in [1.82, 2.24) is 9.88 Å². The molecule has 1 aliphatic rings. The van der Waals surface area contributed by atoms with Crippen molar-refractivity contribution in [2.75, 3.05) is 39.3 Å². The maximum absolute atomic E-state index is 12.9. The van der Waals surface area contributed by atoms with Gasteiger partial charge in [0.2, 0.25) is 5.91 Å². The maximum Gasteiger partial charge on any atom is 0.244 e. The van der Waals surface area contributed by atoms with Gasteiger partial charge in [-0.15, -0.1) is 0 Å². The lowest BCUT2D eigenvalue weighted by atomic mass is 10.1. The van der Waals surface area contributed by atoms with E-state index in [1.807, 2.05) is 36.1 Å². The van der Waals surface area contributed by atoms with Gasteiger partial charge in [0.05, 0.1) is 27.4 Å². The lowest BCUT2D eigenvalue weighted by Gasteiger charge is -2.39. The zero-order valence-electron chi connectivity index (χ0n) is 16.1. The number of rotatable bonds is 6. The molecule has 0 N–H and O–H groups in total. The van der Waals surface area contributed by atoms with Crippen LogP contribution in [0.5, 0.6) is 17.2 Å². The monoisotopic (exact) mass is 371 g/mol. The molecular weight excluding hydrogens is 346 g/mol. The Balaban J connectivity index is 1.75. The van der Waals surface area contributed by atoms with Crippen LogP contribution in [0, 0.1) is 0 Å². The molecule has 7 nitrogen and oxygen atoms in total. The van der Waals surface area contributed by atoms with Crippen molar-refractivity contribution in [3.05, 3.63) is 42.2 Å². The van der Waals surface area contributed by atoms with Gasteiger partial charge < -0.3 is 19.1 Å². The molecule has 0 spiro atoms. The van der Waals surface area contributed by atoms with Crippen molar-refractivity contribution in [3.63, 3.8) is 0 Å². The summed E-state index contributed by atoms with van der Waals surface area (Å²) in [7, 11) is 4.82. The molecule has 7 heteroatoms. The number of carbonyl (C=O) groups excluding carboxylic acids is 1. The fourth-order valence-electron chi connectivity index (χ4n) is 3.30. The average molecular weight is 371 g/mol. The Bertz CT molecular complexity index is 794. The molecule has 3 rings (SSSR count). The zero-order valence-corrected chi connectivity index (χ0v) is 16.1. The van der Waals surface area contributed by atoms with E-state index in [2.05, 4.69) is 9.88 Å². The van der Waals surface area contributed by atoms with Crippen LogP contribution in [0.25, 0.3) is 0 Å². The fourth-order valence-corrected chi connectivity index (χ4v) is 3.30. The van der Waals surface area contributed by atoms with Crippen LogP contribution in [0.4, 0.5) is 5.69 Å². The van der Waals surface area contributed by atoms with Crippen LogP contribution in [-0.2, 0) is 11.3 Å². The van der Waals surface area contributed by atoms with Gasteiger partial charge in [0.15, 0.2) is 11.5 Å². The topological polar surface area (TPSA) is 64.1 Å². The summed E-state index contributed by atoms with van der Waals surface area (Å²) >= 11 is 0. The molecule has 2 heterocycles. The van der Waals surface area contributed by atoms with Gasteiger partial charge in [-0.25, -0.2) is 0 Å². The molecule has 27 heavy (non-hydrogen) atoms. The zero-order chi connectivity index (χ0) is 19.4. The molecule has 1 aliphatic heterocycles. The van der Waals surface area contributed by atoms with Crippen molar-refractivity contribution < 1.29 is 19.0 Å². The summed E-state index contributed by atoms with van der Waals surface area (Å²) in [4.78, 5) is 21.3. The Hall–Kier alpha value is -2.80. The Labute approximate surface area is 159 Å². The molecule has 1 amide bonds. The lowest BCUT2D eigenvalue weighted by Crippen LogP contribution is -2.55. The number of anilines is 1. The van der Waals surface area contributed by atoms with E-state index in [9.17, 15) is 4.79 Å². The van der Waals surface area contributed by atoms with E-state index in [4.69, 9.17) is 14.2 Å². The number of methoxy groups -OCH3 is 3. The van der Waals surface area contributed by atoms with E-state index < -0.39 is 0 Å². The van der Waals surface area contributed by atoms with Gasteiger partial charge in [-0.2, -0.15) is 0 Å². The summed E-state index contributed by atoms with van der Waals surface area (Å²) < 4.78 is 16.0. The summed E-state index contributed by atoms with van der Waals surface area (Å²) in [6.45, 7) is 3.79. The van der Waals surface area contributed by atoms with E-state index in [0.717, 1.165) is 23.7 Å². The third-order valence-electron chi connectivity index (χ3n) is 4.89. The minimum atomic E-state index is -0.265. The summed E-state index contributed by atoms with van der Waals surface area (Å²) in [6, 6.07) is 9.05. The summed E-state index contributed by atoms with van der Waals surface area (Å²) in [5.41, 5.74) is 1.64. The van der Waals surface area contributed by atoms with Gasteiger partial charge in [0, 0.05) is 37.6 Å². The number of amides is 1. The number of hydrogen-bond donors (Lipinski definition) is 0. The van der Waals surface area contributed by atoms with Crippen LogP contribution in [0.15, 0.2) is 36.5 Å². The predicted octanol–water partition coefficient (Wildman–Crippen LogP) is 2.34. The standard InChI is InChI=1S/C20H25N3O4/c1-14-20(24)23(15-5-7-16(25-2)8-6-15)12-11-22(14)13-17-19(27-4)18(26-3)9-10-21-17/h5-10,14H,11-13H2,1-4H3/t14-/m1/s1. The molecule has 0 aliphatic carbocycles. The highest BCUT2D eigenvalue weighted by atomic mass is 16.5. The minimum absolute atomic E-state index is 0.0632. The van der Waals surface area contributed by atoms with Crippen molar-refractivity contribution in [1.29, 1.82) is 0 Å². The number of benzene rings is 1. The lowest BCUT2D eigenvalue weighted by molar-refractivity contribution is -0.125. The fraction of sp³-hybridized carbons (Fsp3) is 0.400. The molecule has 1 aromatic heterocycles. The van der Waals surface area contributed by atoms with E-state index in [0.29, 0.717) is 24.6 Å². The van der Waals surface area contributed by atoms with Crippen molar-refractivity contribution in [2.24, 2.45) is 0 Å². The normalized spacial score (nSPS) is 17.7. The van der Waals surface area contributed by atoms with E-state index >= 15 is 0 Å². The van der Waals surface area contributed by atoms with Gasteiger partial charge in [-0.05, 0) is 31.2 Å². The van der Waals surface area contributed by atoms with E-state index in [-0.39, 0.29) is 11.9 Å². The highest BCUT2D eigenvalue weighted by Crippen LogP contribution is 2.31. The Kier molecular flexibility index (Phi) is 5.81. The first-order chi connectivity index (χ1) is 13.1. The highest BCUT2D eigenvalue weighted by molar-refractivity contribution is 5.97. The number of piperazine rings is 1. The van der Waals surface area contributed by atoms with Gasteiger partial charge in [-0.1, -0.05) is 0 Å². The van der Waals surface area contributed by atoms with Crippen LogP contribution in [-0.4, -0.2) is 56.3 Å². The molecule has 1 fully saturated rings. The quantitative estimate of drug-likeness (QED) is 0.777. The summed E-state index contributed by atoms with van der Waals surface area (Å²) in [6.07, 6.45) is 1.69. The molecule has 1 aromatic carbocycles. The first-order valence-corrected chi connectivity index (χ1v) is 8.84. The van der Waals surface area contributed by atoms with Gasteiger partial charge in [0.1, 0.15) is 11.4 Å². The predicted molar refractivity (Wildman–Crippen MR) is 103 cm³/mol. The SMILES string of the molecule is COc1ccc(N2CCN(Cc3nccc(OC)c3OC)[C@H](C)C2=O)cc1. The molecule has 1 saturated heterocycles. The summed E-state index contributed by atoms with van der Waals surface area (Å²) in [5, 5.41) is 0. The molecular formula is C20H25N3O4. The van der Waals surface area contributed by atoms with Gasteiger partial charge >= 0.3 is 0 Å². The number of pyridine rings is 1. The van der Waals surface area contributed by atoms with Crippen LogP contribution >= 0.6 is 0 Å². The molecule has 1 atom stereocenters. The molecule has 0 unspecified atom stereocenters. The van der Waals surface area contributed by atoms with Gasteiger partial charge in [-0.3, -0.25) is 14.7 Å². The first kappa shape index (κ1) is 19.0. The third-order valence-corrected chi connectivity index (χ3v) is 4.89. The molecule has 0 saturated carbocycles. The van der Waals surface area contributed by atoms with Crippen molar-refractivity contribution in [3.8, 4) is 17.2 Å². The number of carbonyl (C=O) groups is 1. The van der Waals surface area contributed by atoms with Crippen LogP contribution in [0.2, 0.25) is 0 Å². The Morgan fingerprint density at radius 3 is 2.41 bits per heavy atom. The van der Waals surface area contributed by atoms with Crippen LogP contribution in [0.3, 0.4) is 0 Å². The van der Waals surface area contributed by atoms with Crippen LogP contribution < -0.4 is 19.1 Å². The molecule has 2 aromatic rings. The maximum atomic E-state index is 12.9. The van der Waals surface area contributed by atoms with Crippen molar-refractivity contribution in [2.45, 2.75) is 19.5 Å². The Morgan fingerprint density at radius 2 is 1.78 bits per heavy atom. The smallest absolute Gasteiger partial charge is 0.244 e. The second-order valence-corrected chi connectivity index (χ2v) is 6.33. The number of nitrogens with zero attached hydrogens (tertiary/aromatic N) is 3. The van der Waals surface area contributed by atoms with Crippen LogP contribution in [0.1, 0.15) is 12.6 Å². The second-order valence-electron chi connectivity index (χ2n) is 6.33. The number of hydrogen-bond acceptors (Lipinski definition) is 6. The molecule has 144 valence electrons. The first-order valence-electron chi connectivity index (χ1n) is 8.84. The molecule has 0 radical (unpaired) electrons. The highest BCUT2D eigenvalue weighted by Gasteiger charge is 2.33. The van der Waals surface area contributed by atoms with E-state index in [1.165, 1.54) is 0 Å². The number of ether oxygens (including phenoxy) is 3. The molecule has 0 bridgehead atoms. The average Bonchev–Trinajstić information content (AvgIpc) is 2.71. The van der Waals surface area contributed by atoms with E-state index in [1.54, 1.807) is 33.6 Å².